The molecule has 90 valence electrons. The number of hydrogen-bond donors (Lipinski definition) is 2. The molecule has 3 N–H and O–H groups in total. The minimum Gasteiger partial charge on any atom is -0.507 e. The summed E-state index contributed by atoms with van der Waals surface area (Å²) in [5, 5.41) is 9.11. The smallest absolute Gasteiger partial charge is 0.419 e. The van der Waals surface area contributed by atoms with Gasteiger partial charge in [0, 0.05) is 6.04 Å². The van der Waals surface area contributed by atoms with Crippen LogP contribution in [0.15, 0.2) is 18.2 Å². The molecule has 1 aromatic rings. The second-order valence-corrected chi connectivity index (χ2v) is 3.72. The van der Waals surface area contributed by atoms with Crippen LogP contribution >= 0.6 is 0 Å². The first kappa shape index (κ1) is 12.8. The van der Waals surface area contributed by atoms with E-state index < -0.39 is 17.5 Å². The van der Waals surface area contributed by atoms with Crippen LogP contribution in [0.25, 0.3) is 0 Å². The van der Waals surface area contributed by atoms with Crippen LogP contribution in [0.2, 0.25) is 0 Å². The van der Waals surface area contributed by atoms with Gasteiger partial charge < -0.3 is 10.8 Å². The molecule has 16 heavy (non-hydrogen) atoms. The van der Waals surface area contributed by atoms with E-state index in [1.165, 1.54) is 6.07 Å². The highest BCUT2D eigenvalue weighted by atomic mass is 19.4. The molecule has 0 saturated heterocycles. The molecule has 0 aromatic heterocycles. The van der Waals surface area contributed by atoms with Crippen molar-refractivity contribution in [2.45, 2.75) is 32.0 Å². The van der Waals surface area contributed by atoms with Crippen molar-refractivity contribution in [3.8, 4) is 5.75 Å². The molecule has 0 spiro atoms. The zero-order chi connectivity index (χ0) is 12.3. The highest BCUT2D eigenvalue weighted by molar-refractivity contribution is 5.38. The highest BCUT2D eigenvalue weighted by Gasteiger charge is 2.33. The fraction of sp³-hybridized carbons (Fsp3) is 0.455. The Bertz CT molecular complexity index is 363. The summed E-state index contributed by atoms with van der Waals surface area (Å²) in [5.41, 5.74) is 5.14. The topological polar surface area (TPSA) is 46.2 Å². The summed E-state index contributed by atoms with van der Waals surface area (Å²) in [7, 11) is 0. The monoisotopic (exact) mass is 233 g/mol. The molecule has 5 heteroatoms. The molecule has 0 aliphatic carbocycles. The Morgan fingerprint density at radius 2 is 2.00 bits per heavy atom. The van der Waals surface area contributed by atoms with Crippen LogP contribution in [0, 0.1) is 0 Å². The Morgan fingerprint density at radius 3 is 2.50 bits per heavy atom. The maximum atomic E-state index is 12.5. The number of hydrogen-bond acceptors (Lipinski definition) is 2. The van der Waals surface area contributed by atoms with E-state index in [0.29, 0.717) is 18.4 Å². The minimum absolute atomic E-state index is 0.161. The van der Waals surface area contributed by atoms with Crippen LogP contribution in [-0.2, 0) is 12.6 Å². The summed E-state index contributed by atoms with van der Waals surface area (Å²) >= 11 is 0. The third-order valence-electron chi connectivity index (χ3n) is 2.39. The molecule has 1 rings (SSSR count). The van der Waals surface area contributed by atoms with Gasteiger partial charge in [-0.1, -0.05) is 13.0 Å². The van der Waals surface area contributed by atoms with Gasteiger partial charge in [0.1, 0.15) is 5.75 Å². The number of aromatic hydroxyl groups is 1. The van der Waals surface area contributed by atoms with E-state index in [0.717, 1.165) is 12.1 Å². The summed E-state index contributed by atoms with van der Waals surface area (Å²) in [5.74, 6) is -0.749. The maximum absolute atomic E-state index is 12.5. The molecule has 0 aliphatic rings. The van der Waals surface area contributed by atoms with Crippen molar-refractivity contribution in [2.24, 2.45) is 5.73 Å². The Morgan fingerprint density at radius 1 is 1.38 bits per heavy atom. The Labute approximate surface area is 91.9 Å². The number of alkyl halides is 3. The molecule has 0 bridgehead atoms. The molecule has 2 nitrogen and oxygen atoms in total. The lowest BCUT2D eigenvalue weighted by Crippen LogP contribution is -2.21. The van der Waals surface area contributed by atoms with Crippen LogP contribution in [0.5, 0.6) is 5.75 Å². The summed E-state index contributed by atoms with van der Waals surface area (Å²) in [4.78, 5) is 0. The summed E-state index contributed by atoms with van der Waals surface area (Å²) in [6.07, 6.45) is -3.46. The van der Waals surface area contributed by atoms with E-state index in [2.05, 4.69) is 0 Å². The first-order valence-electron chi connectivity index (χ1n) is 4.99. The Hall–Kier alpha value is -1.23. The number of nitrogens with two attached hydrogens (primary N) is 1. The average Bonchev–Trinajstić information content (AvgIpc) is 2.19. The Balaban J connectivity index is 2.99. The van der Waals surface area contributed by atoms with E-state index in [1.807, 2.05) is 6.92 Å². The zero-order valence-corrected chi connectivity index (χ0v) is 8.88. The highest BCUT2D eigenvalue weighted by Crippen LogP contribution is 2.36. The number of phenolic OH excluding ortho intramolecular Hbond substituents is 1. The summed E-state index contributed by atoms with van der Waals surface area (Å²) in [6.45, 7) is 1.87. The van der Waals surface area contributed by atoms with Gasteiger partial charge in [0.15, 0.2) is 0 Å². The van der Waals surface area contributed by atoms with Gasteiger partial charge in [0.05, 0.1) is 5.56 Å². The standard InChI is InChI=1S/C11H14F3NO/c1-2-8(15)5-7-3-4-10(16)9(6-7)11(12,13)14/h3-4,6,8,16H,2,5,15H2,1H3. The normalized spacial score (nSPS) is 13.8. The largest absolute Gasteiger partial charge is 0.507 e. The number of phenols is 1. The molecular formula is C11H14F3NO. The molecule has 0 saturated carbocycles. The third-order valence-corrected chi connectivity index (χ3v) is 2.39. The molecule has 1 aromatic carbocycles. The molecule has 0 fully saturated rings. The van der Waals surface area contributed by atoms with Crippen molar-refractivity contribution in [1.82, 2.24) is 0 Å². The van der Waals surface area contributed by atoms with Gasteiger partial charge in [-0.05, 0) is 30.5 Å². The summed E-state index contributed by atoms with van der Waals surface area (Å²) < 4.78 is 37.4. The molecular weight excluding hydrogens is 219 g/mol. The average molecular weight is 233 g/mol. The lowest BCUT2D eigenvalue weighted by Gasteiger charge is -2.13. The predicted octanol–water partition coefficient (Wildman–Crippen LogP) is 2.69. The van der Waals surface area contributed by atoms with Crippen LogP contribution in [-0.4, -0.2) is 11.1 Å². The van der Waals surface area contributed by atoms with E-state index in [1.54, 1.807) is 0 Å². The van der Waals surface area contributed by atoms with Gasteiger partial charge in [-0.3, -0.25) is 0 Å². The predicted molar refractivity (Wildman–Crippen MR) is 55.1 cm³/mol. The van der Waals surface area contributed by atoms with Crippen molar-refractivity contribution >= 4 is 0 Å². The van der Waals surface area contributed by atoms with Gasteiger partial charge >= 0.3 is 6.18 Å². The fourth-order valence-corrected chi connectivity index (χ4v) is 1.38. The van der Waals surface area contributed by atoms with Gasteiger partial charge in [-0.2, -0.15) is 13.2 Å². The molecule has 0 amide bonds. The first-order valence-corrected chi connectivity index (χ1v) is 4.99. The quantitative estimate of drug-likeness (QED) is 0.843. The van der Waals surface area contributed by atoms with Crippen molar-refractivity contribution in [1.29, 1.82) is 0 Å². The molecule has 1 atom stereocenters. The molecule has 1 unspecified atom stereocenters. The summed E-state index contributed by atoms with van der Waals surface area (Å²) in [6, 6.07) is 3.30. The third kappa shape index (κ3) is 3.13. The Kier molecular flexibility index (Phi) is 3.80. The first-order chi connectivity index (χ1) is 7.34. The van der Waals surface area contributed by atoms with Crippen molar-refractivity contribution < 1.29 is 18.3 Å². The van der Waals surface area contributed by atoms with Crippen LogP contribution in [0.4, 0.5) is 13.2 Å². The molecule has 0 aliphatic heterocycles. The second-order valence-electron chi connectivity index (χ2n) is 3.72. The number of halogens is 3. The zero-order valence-electron chi connectivity index (χ0n) is 8.88. The molecule has 0 heterocycles. The van der Waals surface area contributed by atoms with Crippen LogP contribution < -0.4 is 5.73 Å². The van der Waals surface area contributed by atoms with E-state index in [-0.39, 0.29) is 6.04 Å². The van der Waals surface area contributed by atoms with Crippen molar-refractivity contribution in [2.75, 3.05) is 0 Å². The van der Waals surface area contributed by atoms with Gasteiger partial charge in [-0.15, -0.1) is 0 Å². The van der Waals surface area contributed by atoms with Gasteiger partial charge in [0.2, 0.25) is 0 Å². The number of rotatable bonds is 3. The van der Waals surface area contributed by atoms with E-state index >= 15 is 0 Å². The van der Waals surface area contributed by atoms with E-state index in [9.17, 15) is 13.2 Å². The fourth-order valence-electron chi connectivity index (χ4n) is 1.38. The van der Waals surface area contributed by atoms with Crippen molar-refractivity contribution in [3.63, 3.8) is 0 Å². The lowest BCUT2D eigenvalue weighted by atomic mass is 10.0. The SMILES string of the molecule is CCC(N)Cc1ccc(O)c(C(F)(F)F)c1. The van der Waals surface area contributed by atoms with E-state index in [4.69, 9.17) is 10.8 Å². The minimum atomic E-state index is -4.53. The molecule has 0 radical (unpaired) electrons. The van der Waals surface area contributed by atoms with Crippen LogP contribution in [0.1, 0.15) is 24.5 Å². The van der Waals surface area contributed by atoms with Gasteiger partial charge in [0.25, 0.3) is 0 Å². The lowest BCUT2D eigenvalue weighted by molar-refractivity contribution is -0.138. The maximum Gasteiger partial charge on any atom is 0.419 e. The number of benzene rings is 1. The van der Waals surface area contributed by atoms with Crippen molar-refractivity contribution in [3.05, 3.63) is 29.3 Å². The van der Waals surface area contributed by atoms with Crippen LogP contribution in [0.3, 0.4) is 0 Å². The van der Waals surface area contributed by atoms with Gasteiger partial charge in [-0.25, -0.2) is 0 Å². The second kappa shape index (κ2) is 4.74.